The highest BCUT2D eigenvalue weighted by Crippen LogP contribution is 2.26. The summed E-state index contributed by atoms with van der Waals surface area (Å²) in [5.41, 5.74) is 2.99. The van der Waals surface area contributed by atoms with E-state index in [1.54, 1.807) is 60.7 Å². The SMILES string of the molecule is O=C(N/N=C/c1ccc(OC(=O)c2ccccc2)cc1OC(=O)c1ccccc1)c1cccc([N+](=O)[O-])c1. The fraction of sp³-hybridized carbons (Fsp3) is 0. The zero-order chi connectivity index (χ0) is 26.9. The first-order valence-corrected chi connectivity index (χ1v) is 11.2. The van der Waals surface area contributed by atoms with Crippen LogP contribution in [-0.2, 0) is 0 Å². The van der Waals surface area contributed by atoms with Crippen LogP contribution in [0, 0.1) is 10.1 Å². The quantitative estimate of drug-likeness (QED) is 0.118. The first-order chi connectivity index (χ1) is 18.4. The average Bonchev–Trinajstić information content (AvgIpc) is 2.95. The number of benzene rings is 4. The number of hydrogen-bond acceptors (Lipinski definition) is 8. The fourth-order valence-electron chi connectivity index (χ4n) is 3.23. The molecule has 0 heterocycles. The zero-order valence-corrected chi connectivity index (χ0v) is 19.6. The van der Waals surface area contributed by atoms with Crippen molar-refractivity contribution in [2.24, 2.45) is 5.10 Å². The molecule has 0 radical (unpaired) electrons. The number of carbonyl (C=O) groups is 3. The summed E-state index contributed by atoms with van der Waals surface area (Å²) in [5, 5.41) is 14.8. The van der Waals surface area contributed by atoms with E-state index in [4.69, 9.17) is 9.47 Å². The lowest BCUT2D eigenvalue weighted by Crippen LogP contribution is -2.18. The van der Waals surface area contributed by atoms with Gasteiger partial charge in [-0.05, 0) is 42.5 Å². The molecule has 0 spiro atoms. The minimum atomic E-state index is -0.679. The van der Waals surface area contributed by atoms with E-state index >= 15 is 0 Å². The maximum Gasteiger partial charge on any atom is 0.343 e. The summed E-state index contributed by atoms with van der Waals surface area (Å²) >= 11 is 0. The second kappa shape index (κ2) is 11.9. The molecule has 0 atom stereocenters. The summed E-state index contributed by atoms with van der Waals surface area (Å²) in [6.45, 7) is 0. The molecule has 4 aromatic rings. The Kier molecular flexibility index (Phi) is 7.95. The Balaban J connectivity index is 1.55. The van der Waals surface area contributed by atoms with Crippen LogP contribution in [0.15, 0.2) is 108 Å². The number of nitrogens with zero attached hydrogens (tertiary/aromatic N) is 2. The molecule has 0 saturated heterocycles. The minimum Gasteiger partial charge on any atom is -0.423 e. The maximum atomic E-state index is 12.7. The minimum absolute atomic E-state index is 0.0190. The number of non-ortho nitro benzene ring substituents is 1. The molecule has 4 rings (SSSR count). The highest BCUT2D eigenvalue weighted by Gasteiger charge is 2.15. The largest absolute Gasteiger partial charge is 0.423 e. The molecule has 0 aliphatic carbocycles. The van der Waals surface area contributed by atoms with Crippen LogP contribution in [0.2, 0.25) is 0 Å². The molecule has 1 amide bonds. The number of rotatable bonds is 8. The molecule has 10 nitrogen and oxygen atoms in total. The zero-order valence-electron chi connectivity index (χ0n) is 19.6. The van der Waals surface area contributed by atoms with Gasteiger partial charge in [-0.2, -0.15) is 5.10 Å². The van der Waals surface area contributed by atoms with E-state index < -0.39 is 22.8 Å². The van der Waals surface area contributed by atoms with Gasteiger partial charge < -0.3 is 9.47 Å². The van der Waals surface area contributed by atoms with Crippen molar-refractivity contribution in [3.8, 4) is 11.5 Å². The highest BCUT2D eigenvalue weighted by molar-refractivity contribution is 5.96. The van der Waals surface area contributed by atoms with Crippen LogP contribution in [0.5, 0.6) is 11.5 Å². The Morgan fingerprint density at radius 1 is 0.737 bits per heavy atom. The number of nitrogens with one attached hydrogen (secondary N) is 1. The summed E-state index contributed by atoms with van der Waals surface area (Å²) in [6, 6.07) is 26.1. The van der Waals surface area contributed by atoms with Crippen LogP contribution < -0.4 is 14.9 Å². The molecule has 0 unspecified atom stereocenters. The molecular weight excluding hydrogens is 490 g/mol. The first kappa shape index (κ1) is 25.5. The Hall–Kier alpha value is -5.64. The van der Waals surface area contributed by atoms with E-state index in [1.165, 1.54) is 42.6 Å². The molecule has 38 heavy (non-hydrogen) atoms. The van der Waals surface area contributed by atoms with E-state index in [0.717, 1.165) is 6.07 Å². The van der Waals surface area contributed by atoms with Crippen molar-refractivity contribution in [1.82, 2.24) is 5.43 Å². The number of carbonyl (C=O) groups excluding carboxylic acids is 3. The van der Waals surface area contributed by atoms with Gasteiger partial charge in [-0.1, -0.05) is 42.5 Å². The van der Waals surface area contributed by atoms with Crippen LogP contribution >= 0.6 is 0 Å². The van der Waals surface area contributed by atoms with Crippen LogP contribution in [0.1, 0.15) is 36.6 Å². The summed E-state index contributed by atoms with van der Waals surface area (Å²) < 4.78 is 10.9. The van der Waals surface area contributed by atoms with Crippen LogP contribution in [0.3, 0.4) is 0 Å². The van der Waals surface area contributed by atoms with Crippen molar-refractivity contribution in [2.75, 3.05) is 0 Å². The van der Waals surface area contributed by atoms with Gasteiger partial charge in [0.15, 0.2) is 0 Å². The topological polar surface area (TPSA) is 137 Å². The van der Waals surface area contributed by atoms with Gasteiger partial charge in [0.25, 0.3) is 11.6 Å². The summed E-state index contributed by atoms with van der Waals surface area (Å²) in [4.78, 5) is 47.8. The standard InChI is InChI=1S/C28H19N3O7/c32-26(21-12-7-13-23(16-21)31(35)36)30-29-18-22-14-15-24(37-27(33)19-8-3-1-4-9-19)17-25(22)38-28(34)20-10-5-2-6-11-20/h1-18H,(H,30,32)/b29-18+. The normalized spacial score (nSPS) is 10.5. The molecule has 0 aliphatic heterocycles. The van der Waals surface area contributed by atoms with E-state index in [-0.39, 0.29) is 28.3 Å². The number of esters is 2. The molecule has 188 valence electrons. The van der Waals surface area contributed by atoms with Crippen molar-refractivity contribution in [3.05, 3.63) is 135 Å². The monoisotopic (exact) mass is 509 g/mol. The van der Waals surface area contributed by atoms with Crippen LogP contribution in [-0.4, -0.2) is 29.0 Å². The van der Waals surface area contributed by atoms with Crippen molar-refractivity contribution >= 4 is 29.7 Å². The van der Waals surface area contributed by atoms with E-state index in [9.17, 15) is 24.5 Å². The first-order valence-electron chi connectivity index (χ1n) is 11.2. The van der Waals surface area contributed by atoms with Gasteiger partial charge in [-0.25, -0.2) is 15.0 Å². The highest BCUT2D eigenvalue weighted by atomic mass is 16.6. The van der Waals surface area contributed by atoms with Crippen molar-refractivity contribution in [2.45, 2.75) is 0 Å². The number of ether oxygens (including phenoxy) is 2. The molecule has 0 fully saturated rings. The number of nitro groups is 1. The molecule has 0 saturated carbocycles. The van der Waals surface area contributed by atoms with E-state index in [0.29, 0.717) is 11.1 Å². The molecule has 0 aliphatic rings. The Morgan fingerprint density at radius 3 is 1.97 bits per heavy atom. The predicted molar refractivity (Wildman–Crippen MR) is 137 cm³/mol. The lowest BCUT2D eigenvalue weighted by atomic mass is 10.2. The third-order valence-corrected chi connectivity index (χ3v) is 5.11. The van der Waals surface area contributed by atoms with Crippen molar-refractivity contribution in [1.29, 1.82) is 0 Å². The van der Waals surface area contributed by atoms with Crippen molar-refractivity contribution < 1.29 is 28.8 Å². The van der Waals surface area contributed by atoms with Gasteiger partial charge in [-0.15, -0.1) is 0 Å². The number of hydrazone groups is 1. The number of amides is 1. The van der Waals surface area contributed by atoms with Gasteiger partial charge in [0, 0.05) is 29.3 Å². The Labute approximate surface area is 216 Å². The molecule has 1 N–H and O–H groups in total. The Bertz CT molecular complexity index is 1520. The summed E-state index contributed by atoms with van der Waals surface area (Å²) in [5.74, 6) is -1.80. The fourth-order valence-corrected chi connectivity index (χ4v) is 3.23. The van der Waals surface area contributed by atoms with E-state index in [1.807, 2.05) is 0 Å². The maximum absolute atomic E-state index is 12.7. The smallest absolute Gasteiger partial charge is 0.343 e. The third-order valence-electron chi connectivity index (χ3n) is 5.11. The lowest BCUT2D eigenvalue weighted by molar-refractivity contribution is -0.384. The average molecular weight is 509 g/mol. The van der Waals surface area contributed by atoms with Gasteiger partial charge in [0.1, 0.15) is 11.5 Å². The lowest BCUT2D eigenvalue weighted by Gasteiger charge is -2.10. The predicted octanol–water partition coefficient (Wildman–Crippen LogP) is 4.80. The van der Waals surface area contributed by atoms with Gasteiger partial charge in [-0.3, -0.25) is 14.9 Å². The number of nitro benzene ring substituents is 1. The molecule has 0 aromatic heterocycles. The third kappa shape index (κ3) is 6.52. The van der Waals surface area contributed by atoms with E-state index in [2.05, 4.69) is 10.5 Å². The Morgan fingerprint density at radius 2 is 1.34 bits per heavy atom. The number of hydrogen-bond donors (Lipinski definition) is 1. The van der Waals surface area contributed by atoms with Gasteiger partial charge in [0.2, 0.25) is 0 Å². The van der Waals surface area contributed by atoms with Crippen LogP contribution in [0.4, 0.5) is 5.69 Å². The van der Waals surface area contributed by atoms with Crippen molar-refractivity contribution in [3.63, 3.8) is 0 Å². The molecule has 0 bridgehead atoms. The molecule has 4 aromatic carbocycles. The summed E-state index contributed by atoms with van der Waals surface area (Å²) in [6.07, 6.45) is 1.23. The van der Waals surface area contributed by atoms with Gasteiger partial charge >= 0.3 is 11.9 Å². The van der Waals surface area contributed by atoms with Crippen LogP contribution in [0.25, 0.3) is 0 Å². The second-order valence-corrected chi connectivity index (χ2v) is 7.72. The summed E-state index contributed by atoms with van der Waals surface area (Å²) in [7, 11) is 0. The molecule has 10 heteroatoms. The second-order valence-electron chi connectivity index (χ2n) is 7.72. The van der Waals surface area contributed by atoms with Gasteiger partial charge in [0.05, 0.1) is 22.3 Å². The molecular formula is C28H19N3O7.